The topological polar surface area (TPSA) is 80.2 Å². The fraction of sp³-hybridized carbons (Fsp3) is 0.500. The van der Waals surface area contributed by atoms with Crippen molar-refractivity contribution < 1.29 is 22.7 Å². The Morgan fingerprint density at radius 1 is 1.13 bits per heavy atom. The third-order valence-electron chi connectivity index (χ3n) is 5.49. The Morgan fingerprint density at radius 2 is 1.90 bits per heavy atom. The lowest BCUT2D eigenvalue weighted by Gasteiger charge is -2.26. The van der Waals surface area contributed by atoms with Crippen LogP contribution in [-0.2, 0) is 15.7 Å². The molecule has 2 fully saturated rings. The molecule has 1 unspecified atom stereocenters. The molecule has 0 radical (unpaired) electrons. The third-order valence-corrected chi connectivity index (χ3v) is 5.49. The number of rotatable bonds is 4. The van der Waals surface area contributed by atoms with Gasteiger partial charge in [-0.2, -0.15) is 13.2 Å². The van der Waals surface area contributed by atoms with Gasteiger partial charge in [-0.25, -0.2) is 15.0 Å². The second-order valence-corrected chi connectivity index (χ2v) is 7.51. The van der Waals surface area contributed by atoms with Crippen LogP contribution in [0.5, 0.6) is 0 Å². The lowest BCUT2D eigenvalue weighted by molar-refractivity contribution is -0.138. The second kappa shape index (κ2) is 8.55. The largest absolute Gasteiger partial charge is 0.416 e. The van der Waals surface area contributed by atoms with Crippen LogP contribution < -0.4 is 5.32 Å². The first kappa shape index (κ1) is 20.5. The summed E-state index contributed by atoms with van der Waals surface area (Å²) in [6, 6.07) is 3.60. The molecular formula is C20H22F3N5O2. The maximum atomic E-state index is 12.9. The molecule has 1 atom stereocenters. The van der Waals surface area contributed by atoms with Crippen molar-refractivity contribution in [1.82, 2.24) is 19.9 Å². The summed E-state index contributed by atoms with van der Waals surface area (Å²) in [5.74, 6) is 0.443. The van der Waals surface area contributed by atoms with Crippen LogP contribution in [-0.4, -0.2) is 52.1 Å². The molecule has 2 aliphatic rings. The Balaban J connectivity index is 1.42. The highest BCUT2D eigenvalue weighted by atomic mass is 19.4. The molecule has 2 aliphatic heterocycles. The van der Waals surface area contributed by atoms with Crippen LogP contribution in [0, 0.1) is 5.92 Å². The van der Waals surface area contributed by atoms with E-state index in [2.05, 4.69) is 20.3 Å². The minimum Gasteiger partial charge on any atom is -0.381 e. The minimum absolute atomic E-state index is 0.0183. The number of pyridine rings is 1. The van der Waals surface area contributed by atoms with Gasteiger partial charge in [-0.05, 0) is 37.5 Å². The quantitative estimate of drug-likeness (QED) is 0.815. The highest BCUT2D eigenvalue weighted by Gasteiger charge is 2.33. The Kier molecular flexibility index (Phi) is 5.85. The van der Waals surface area contributed by atoms with Crippen LogP contribution in [0.15, 0.2) is 30.6 Å². The molecule has 0 aliphatic carbocycles. The van der Waals surface area contributed by atoms with E-state index in [1.54, 1.807) is 12.3 Å². The summed E-state index contributed by atoms with van der Waals surface area (Å²) >= 11 is 0. The zero-order valence-electron chi connectivity index (χ0n) is 16.2. The molecule has 1 N–H and O–H groups in total. The van der Waals surface area contributed by atoms with Crippen molar-refractivity contribution >= 4 is 17.7 Å². The van der Waals surface area contributed by atoms with Crippen LogP contribution in [0.4, 0.5) is 24.9 Å². The van der Waals surface area contributed by atoms with Gasteiger partial charge in [-0.3, -0.25) is 4.79 Å². The number of hydrogen-bond acceptors (Lipinski definition) is 6. The summed E-state index contributed by atoms with van der Waals surface area (Å²) < 4.78 is 44.0. The maximum Gasteiger partial charge on any atom is 0.416 e. The highest BCUT2D eigenvalue weighted by molar-refractivity contribution is 5.79. The number of nitrogens with zero attached hydrogens (tertiary/aromatic N) is 4. The molecule has 0 aromatic carbocycles. The van der Waals surface area contributed by atoms with Gasteiger partial charge in [-0.1, -0.05) is 0 Å². The first-order valence-corrected chi connectivity index (χ1v) is 9.90. The predicted molar refractivity (Wildman–Crippen MR) is 102 cm³/mol. The molecular weight excluding hydrogens is 399 g/mol. The molecule has 0 spiro atoms. The van der Waals surface area contributed by atoms with E-state index in [0.29, 0.717) is 26.3 Å². The average molecular weight is 421 g/mol. The minimum atomic E-state index is -4.45. The summed E-state index contributed by atoms with van der Waals surface area (Å²) in [5, 5.41) is 2.74. The SMILES string of the molecule is O=C(C1CCOCC1)N1CCC(c2ccnc(Nc3cc(C(F)(F)F)ccn3)n2)C1. The molecule has 10 heteroatoms. The zero-order valence-corrected chi connectivity index (χ0v) is 16.2. The molecule has 1 amide bonds. The maximum absolute atomic E-state index is 12.9. The number of amides is 1. The lowest BCUT2D eigenvalue weighted by atomic mass is 9.99. The van der Waals surface area contributed by atoms with Crippen molar-refractivity contribution in [3.63, 3.8) is 0 Å². The predicted octanol–water partition coefficient (Wildman–Crippen LogP) is 3.38. The molecule has 7 nitrogen and oxygen atoms in total. The molecule has 2 saturated heterocycles. The number of nitrogens with one attached hydrogen (secondary N) is 1. The summed E-state index contributed by atoms with van der Waals surface area (Å²) in [5.41, 5.74) is -0.0454. The summed E-state index contributed by atoms with van der Waals surface area (Å²) in [6.07, 6.45) is 0.490. The second-order valence-electron chi connectivity index (χ2n) is 7.51. The molecule has 2 aromatic heterocycles. The Bertz CT molecular complexity index is 902. The molecule has 0 bridgehead atoms. The summed E-state index contributed by atoms with van der Waals surface area (Å²) in [6.45, 7) is 2.49. The number of likely N-dealkylation sites (tertiary alicyclic amines) is 1. The van der Waals surface area contributed by atoms with Gasteiger partial charge in [-0.15, -0.1) is 0 Å². The van der Waals surface area contributed by atoms with Crippen LogP contribution in [0.2, 0.25) is 0 Å². The monoisotopic (exact) mass is 421 g/mol. The Morgan fingerprint density at radius 3 is 2.67 bits per heavy atom. The van der Waals surface area contributed by atoms with Gasteiger partial charge in [0.1, 0.15) is 5.82 Å². The number of anilines is 2. The van der Waals surface area contributed by atoms with Crippen LogP contribution in [0.3, 0.4) is 0 Å². The molecule has 4 heterocycles. The number of alkyl halides is 3. The summed E-state index contributed by atoms with van der Waals surface area (Å²) in [7, 11) is 0. The average Bonchev–Trinajstić information content (AvgIpc) is 3.24. The van der Waals surface area contributed by atoms with Crippen molar-refractivity contribution in [2.24, 2.45) is 5.92 Å². The number of halogens is 3. The lowest BCUT2D eigenvalue weighted by Crippen LogP contribution is -2.37. The number of carbonyl (C=O) groups excluding carboxylic acids is 1. The van der Waals surface area contributed by atoms with Gasteiger partial charge in [0.2, 0.25) is 11.9 Å². The van der Waals surface area contributed by atoms with E-state index in [9.17, 15) is 18.0 Å². The van der Waals surface area contributed by atoms with Crippen molar-refractivity contribution in [3.05, 3.63) is 41.9 Å². The zero-order chi connectivity index (χ0) is 21.1. The highest BCUT2D eigenvalue weighted by Crippen LogP contribution is 2.31. The van der Waals surface area contributed by atoms with Crippen molar-refractivity contribution in [2.45, 2.75) is 31.4 Å². The first-order valence-electron chi connectivity index (χ1n) is 9.90. The van der Waals surface area contributed by atoms with Gasteiger partial charge < -0.3 is 15.0 Å². The fourth-order valence-electron chi connectivity index (χ4n) is 3.85. The molecule has 0 saturated carbocycles. The first-order chi connectivity index (χ1) is 14.4. The normalized spacial score (nSPS) is 20.4. The molecule has 160 valence electrons. The smallest absolute Gasteiger partial charge is 0.381 e. The number of carbonyl (C=O) groups is 1. The summed E-state index contributed by atoms with van der Waals surface area (Å²) in [4.78, 5) is 27.0. The van der Waals surface area contributed by atoms with Crippen molar-refractivity contribution in [1.29, 1.82) is 0 Å². The van der Waals surface area contributed by atoms with Gasteiger partial charge in [0.05, 0.1) is 11.3 Å². The van der Waals surface area contributed by atoms with E-state index in [4.69, 9.17) is 4.74 Å². The van der Waals surface area contributed by atoms with Gasteiger partial charge in [0, 0.05) is 50.5 Å². The van der Waals surface area contributed by atoms with E-state index in [1.165, 1.54) is 0 Å². The van der Waals surface area contributed by atoms with Gasteiger partial charge in [0.25, 0.3) is 0 Å². The van der Waals surface area contributed by atoms with E-state index in [1.807, 2.05) is 4.90 Å². The van der Waals surface area contributed by atoms with Gasteiger partial charge >= 0.3 is 6.18 Å². The fourth-order valence-corrected chi connectivity index (χ4v) is 3.85. The van der Waals surface area contributed by atoms with Crippen LogP contribution in [0.1, 0.15) is 36.4 Å². The van der Waals surface area contributed by atoms with Gasteiger partial charge in [0.15, 0.2) is 0 Å². The third kappa shape index (κ3) is 4.69. The standard InChI is InChI=1S/C20H22F3N5O2/c21-20(22,23)15-1-6-24-17(11-15)27-19-25-7-2-16(26-19)14-3-8-28(12-14)18(29)13-4-9-30-10-5-13/h1-2,6-7,11,13-14H,3-5,8-10,12H2,(H,24,25,26,27). The van der Waals surface area contributed by atoms with E-state index >= 15 is 0 Å². The number of ether oxygens (including phenoxy) is 1. The molecule has 4 rings (SSSR count). The van der Waals surface area contributed by atoms with E-state index in [-0.39, 0.29) is 29.5 Å². The van der Waals surface area contributed by atoms with Crippen molar-refractivity contribution in [2.75, 3.05) is 31.6 Å². The Labute approximate surface area is 171 Å². The van der Waals surface area contributed by atoms with Crippen LogP contribution >= 0.6 is 0 Å². The van der Waals surface area contributed by atoms with E-state index in [0.717, 1.165) is 43.3 Å². The molecule has 2 aromatic rings. The molecule has 30 heavy (non-hydrogen) atoms. The number of aromatic nitrogens is 3. The number of hydrogen-bond donors (Lipinski definition) is 1. The van der Waals surface area contributed by atoms with Crippen LogP contribution in [0.25, 0.3) is 0 Å². The Hall–Kier alpha value is -2.75. The van der Waals surface area contributed by atoms with Crippen molar-refractivity contribution in [3.8, 4) is 0 Å². The van der Waals surface area contributed by atoms with E-state index < -0.39 is 11.7 Å².